The molecule has 1 aliphatic heterocycles. The fraction of sp³-hybridized carbons (Fsp3) is 0.647. The molecule has 1 heterocycles. The second-order valence-corrected chi connectivity index (χ2v) is 5.98. The van der Waals surface area contributed by atoms with Crippen molar-refractivity contribution in [3.05, 3.63) is 29.8 Å². The topological polar surface area (TPSA) is 38.5 Å². The van der Waals surface area contributed by atoms with E-state index in [-0.39, 0.29) is 11.6 Å². The molecule has 3 heteroatoms. The van der Waals surface area contributed by atoms with Gasteiger partial charge in [-0.05, 0) is 45.3 Å². The second-order valence-electron chi connectivity index (χ2n) is 5.98. The Kier molecular flexibility index (Phi) is 5.06. The standard InChI is InChI=1S/C17H28N2O/c1-4-17(2,19-12-8-5-9-13-19)16(18)14-10-6-7-11-15(14)20-3/h6-7,10-11,16H,4-5,8-9,12-13,18H2,1-3H3. The van der Waals surface area contributed by atoms with Crippen molar-refractivity contribution in [1.29, 1.82) is 0 Å². The number of benzene rings is 1. The fourth-order valence-corrected chi connectivity index (χ4v) is 3.30. The number of para-hydroxylation sites is 1. The molecule has 2 atom stereocenters. The summed E-state index contributed by atoms with van der Waals surface area (Å²) in [5.41, 5.74) is 7.78. The van der Waals surface area contributed by atoms with E-state index in [1.807, 2.05) is 18.2 Å². The lowest BCUT2D eigenvalue weighted by molar-refractivity contribution is 0.0536. The third-order valence-electron chi connectivity index (χ3n) is 4.94. The Bertz CT molecular complexity index is 429. The molecule has 0 aromatic heterocycles. The third-order valence-corrected chi connectivity index (χ3v) is 4.94. The highest BCUT2D eigenvalue weighted by atomic mass is 16.5. The maximum atomic E-state index is 6.67. The van der Waals surface area contributed by atoms with Crippen LogP contribution in [0, 0.1) is 0 Å². The van der Waals surface area contributed by atoms with Crippen molar-refractivity contribution in [2.45, 2.75) is 51.1 Å². The van der Waals surface area contributed by atoms with Crippen LogP contribution in [0.25, 0.3) is 0 Å². The summed E-state index contributed by atoms with van der Waals surface area (Å²) >= 11 is 0. The van der Waals surface area contributed by atoms with Crippen LogP contribution in [0.4, 0.5) is 0 Å². The van der Waals surface area contributed by atoms with Gasteiger partial charge >= 0.3 is 0 Å². The summed E-state index contributed by atoms with van der Waals surface area (Å²) in [4.78, 5) is 2.58. The van der Waals surface area contributed by atoms with Gasteiger partial charge in [0.25, 0.3) is 0 Å². The van der Waals surface area contributed by atoms with E-state index in [4.69, 9.17) is 10.5 Å². The molecular weight excluding hydrogens is 248 g/mol. The van der Waals surface area contributed by atoms with Crippen molar-refractivity contribution in [1.82, 2.24) is 4.90 Å². The molecule has 0 bridgehead atoms. The molecule has 112 valence electrons. The normalized spacial score (nSPS) is 21.2. The monoisotopic (exact) mass is 276 g/mol. The molecule has 2 unspecified atom stereocenters. The van der Waals surface area contributed by atoms with Gasteiger partial charge in [0.2, 0.25) is 0 Å². The number of hydrogen-bond donors (Lipinski definition) is 1. The number of piperidine rings is 1. The van der Waals surface area contributed by atoms with E-state index in [0.29, 0.717) is 0 Å². The van der Waals surface area contributed by atoms with Crippen molar-refractivity contribution in [2.75, 3.05) is 20.2 Å². The van der Waals surface area contributed by atoms with Crippen LogP contribution in [0.15, 0.2) is 24.3 Å². The van der Waals surface area contributed by atoms with Crippen LogP contribution in [0.1, 0.15) is 51.1 Å². The predicted octanol–water partition coefficient (Wildman–Crippen LogP) is 3.35. The molecule has 1 saturated heterocycles. The van der Waals surface area contributed by atoms with Crippen molar-refractivity contribution < 1.29 is 4.74 Å². The van der Waals surface area contributed by atoms with Gasteiger partial charge in [-0.2, -0.15) is 0 Å². The molecule has 20 heavy (non-hydrogen) atoms. The minimum atomic E-state index is -0.0262. The zero-order valence-electron chi connectivity index (χ0n) is 13.1. The van der Waals surface area contributed by atoms with E-state index in [1.165, 1.54) is 19.3 Å². The van der Waals surface area contributed by atoms with E-state index in [9.17, 15) is 0 Å². The summed E-state index contributed by atoms with van der Waals surface area (Å²) in [6.07, 6.45) is 4.97. The van der Waals surface area contributed by atoms with E-state index in [2.05, 4.69) is 24.8 Å². The third kappa shape index (κ3) is 2.84. The van der Waals surface area contributed by atoms with Crippen LogP contribution in [-0.2, 0) is 0 Å². The molecule has 2 N–H and O–H groups in total. The predicted molar refractivity (Wildman–Crippen MR) is 84.0 cm³/mol. The fourth-order valence-electron chi connectivity index (χ4n) is 3.30. The summed E-state index contributed by atoms with van der Waals surface area (Å²) in [7, 11) is 1.72. The number of ether oxygens (including phenoxy) is 1. The Balaban J connectivity index is 2.29. The number of hydrogen-bond acceptors (Lipinski definition) is 3. The molecule has 2 rings (SSSR count). The molecular formula is C17H28N2O. The van der Waals surface area contributed by atoms with Crippen LogP contribution in [0.2, 0.25) is 0 Å². The Morgan fingerprint density at radius 2 is 1.90 bits per heavy atom. The van der Waals surface area contributed by atoms with Crippen LogP contribution >= 0.6 is 0 Å². The van der Waals surface area contributed by atoms with E-state index in [0.717, 1.165) is 30.8 Å². The number of rotatable bonds is 5. The molecule has 0 saturated carbocycles. The van der Waals surface area contributed by atoms with Gasteiger partial charge in [0.15, 0.2) is 0 Å². The largest absolute Gasteiger partial charge is 0.496 e. The van der Waals surface area contributed by atoms with E-state index in [1.54, 1.807) is 7.11 Å². The number of nitrogens with two attached hydrogens (primary N) is 1. The van der Waals surface area contributed by atoms with E-state index < -0.39 is 0 Å². The average molecular weight is 276 g/mol. The molecule has 0 aliphatic carbocycles. The summed E-state index contributed by atoms with van der Waals surface area (Å²) in [6, 6.07) is 8.12. The lowest BCUT2D eigenvalue weighted by Gasteiger charge is -2.47. The van der Waals surface area contributed by atoms with Gasteiger partial charge in [-0.15, -0.1) is 0 Å². The van der Waals surface area contributed by atoms with Crippen molar-refractivity contribution in [3.8, 4) is 5.75 Å². The minimum Gasteiger partial charge on any atom is -0.496 e. The molecule has 0 radical (unpaired) electrons. The Morgan fingerprint density at radius 3 is 2.50 bits per heavy atom. The lowest BCUT2D eigenvalue weighted by Crippen LogP contribution is -2.54. The highest BCUT2D eigenvalue weighted by Gasteiger charge is 2.38. The van der Waals surface area contributed by atoms with Crippen LogP contribution < -0.4 is 10.5 Å². The second kappa shape index (κ2) is 6.59. The smallest absolute Gasteiger partial charge is 0.123 e. The summed E-state index contributed by atoms with van der Waals surface area (Å²) in [6.45, 7) is 6.86. The van der Waals surface area contributed by atoms with Gasteiger partial charge in [-0.1, -0.05) is 31.5 Å². The maximum Gasteiger partial charge on any atom is 0.123 e. The molecule has 0 amide bonds. The molecule has 1 aromatic rings. The number of likely N-dealkylation sites (tertiary alicyclic amines) is 1. The first-order valence-corrected chi connectivity index (χ1v) is 7.77. The van der Waals surface area contributed by atoms with Gasteiger partial charge in [0.05, 0.1) is 13.2 Å². The Labute approximate surface area is 123 Å². The number of methoxy groups -OCH3 is 1. The van der Waals surface area contributed by atoms with Crippen LogP contribution in [0.3, 0.4) is 0 Å². The van der Waals surface area contributed by atoms with E-state index >= 15 is 0 Å². The zero-order chi connectivity index (χ0) is 14.6. The summed E-state index contributed by atoms with van der Waals surface area (Å²) in [5, 5.41) is 0. The molecule has 1 aromatic carbocycles. The van der Waals surface area contributed by atoms with Crippen molar-refractivity contribution in [3.63, 3.8) is 0 Å². The van der Waals surface area contributed by atoms with Crippen LogP contribution in [-0.4, -0.2) is 30.6 Å². The first-order chi connectivity index (χ1) is 9.63. The lowest BCUT2D eigenvalue weighted by atomic mass is 9.82. The van der Waals surface area contributed by atoms with Crippen molar-refractivity contribution in [2.24, 2.45) is 5.73 Å². The van der Waals surface area contributed by atoms with Gasteiger partial charge in [-0.3, -0.25) is 4.90 Å². The minimum absolute atomic E-state index is 0.00491. The van der Waals surface area contributed by atoms with Gasteiger partial charge in [-0.25, -0.2) is 0 Å². The van der Waals surface area contributed by atoms with Crippen LogP contribution in [0.5, 0.6) is 5.75 Å². The zero-order valence-corrected chi connectivity index (χ0v) is 13.1. The highest BCUT2D eigenvalue weighted by Crippen LogP contribution is 2.37. The first kappa shape index (κ1) is 15.3. The molecule has 0 spiro atoms. The molecule has 3 nitrogen and oxygen atoms in total. The average Bonchev–Trinajstić information content (AvgIpc) is 2.54. The van der Waals surface area contributed by atoms with Gasteiger partial charge in [0.1, 0.15) is 5.75 Å². The Morgan fingerprint density at radius 1 is 1.25 bits per heavy atom. The molecule has 1 fully saturated rings. The maximum absolute atomic E-state index is 6.67. The quantitative estimate of drug-likeness (QED) is 0.896. The van der Waals surface area contributed by atoms with Crippen molar-refractivity contribution >= 4 is 0 Å². The Hall–Kier alpha value is -1.06. The SMILES string of the molecule is CCC(C)(C(N)c1ccccc1OC)N1CCCCC1. The van der Waals surface area contributed by atoms with Gasteiger partial charge in [0, 0.05) is 11.1 Å². The van der Waals surface area contributed by atoms with Gasteiger partial charge < -0.3 is 10.5 Å². The molecule has 1 aliphatic rings. The number of nitrogens with zero attached hydrogens (tertiary/aromatic N) is 1. The summed E-state index contributed by atoms with van der Waals surface area (Å²) in [5.74, 6) is 0.900. The first-order valence-electron chi connectivity index (χ1n) is 7.77. The highest BCUT2D eigenvalue weighted by molar-refractivity contribution is 5.37. The summed E-state index contributed by atoms with van der Waals surface area (Å²) < 4.78 is 5.49.